The summed E-state index contributed by atoms with van der Waals surface area (Å²) < 4.78 is 46.7. The maximum atomic E-state index is 13.1. The van der Waals surface area contributed by atoms with Crippen molar-refractivity contribution in [1.29, 1.82) is 0 Å². The van der Waals surface area contributed by atoms with Gasteiger partial charge in [0.1, 0.15) is 5.82 Å². The Morgan fingerprint density at radius 2 is 1.64 bits per heavy atom. The van der Waals surface area contributed by atoms with Gasteiger partial charge in [-0.1, -0.05) is 15.9 Å². The zero-order valence-corrected chi connectivity index (χ0v) is 17.2. The maximum absolute atomic E-state index is 13.1. The van der Waals surface area contributed by atoms with Gasteiger partial charge in [0.05, 0.1) is 4.90 Å². The van der Waals surface area contributed by atoms with Gasteiger partial charge in [-0.05, 0) is 61.4 Å². The van der Waals surface area contributed by atoms with Crippen molar-refractivity contribution in [3.05, 3.63) is 64.7 Å². The molecule has 2 aromatic carbocycles. The predicted octanol–water partition coefficient (Wildman–Crippen LogP) is 4.21. The monoisotopic (exact) mass is 465 g/mol. The van der Waals surface area contributed by atoms with Crippen LogP contribution >= 0.6 is 15.9 Å². The van der Waals surface area contributed by atoms with E-state index < -0.39 is 10.0 Å². The van der Waals surface area contributed by atoms with Crippen molar-refractivity contribution >= 4 is 26.0 Å². The lowest BCUT2D eigenvalue weighted by Crippen LogP contribution is -2.37. The lowest BCUT2D eigenvalue weighted by Gasteiger charge is -2.29. The molecular weight excluding hydrogens is 449 g/mol. The number of rotatable bonds is 4. The molecule has 1 saturated heterocycles. The van der Waals surface area contributed by atoms with Crippen LogP contribution in [-0.2, 0) is 10.0 Å². The van der Waals surface area contributed by atoms with Gasteiger partial charge in [0.15, 0.2) is 0 Å². The van der Waals surface area contributed by atoms with Gasteiger partial charge in [0.2, 0.25) is 21.8 Å². The second kappa shape index (κ2) is 7.73. The van der Waals surface area contributed by atoms with E-state index in [0.29, 0.717) is 43.3 Å². The summed E-state index contributed by atoms with van der Waals surface area (Å²) in [6.45, 7) is 0.772. The highest BCUT2D eigenvalue weighted by molar-refractivity contribution is 9.10. The first kappa shape index (κ1) is 19.2. The number of sulfonamides is 1. The average molecular weight is 466 g/mol. The van der Waals surface area contributed by atoms with Gasteiger partial charge in [-0.15, -0.1) is 10.2 Å². The molecule has 3 aromatic rings. The smallest absolute Gasteiger partial charge is 0.247 e. The van der Waals surface area contributed by atoms with Crippen molar-refractivity contribution in [3.63, 3.8) is 0 Å². The average Bonchev–Trinajstić information content (AvgIpc) is 3.19. The van der Waals surface area contributed by atoms with Crippen molar-refractivity contribution < 1.29 is 17.2 Å². The summed E-state index contributed by atoms with van der Waals surface area (Å²) in [7, 11) is -3.52. The van der Waals surface area contributed by atoms with E-state index in [0.717, 1.165) is 4.47 Å². The molecule has 0 N–H and O–H groups in total. The molecule has 0 amide bonds. The summed E-state index contributed by atoms with van der Waals surface area (Å²) >= 11 is 3.31. The first-order valence-corrected chi connectivity index (χ1v) is 11.0. The van der Waals surface area contributed by atoms with Crippen molar-refractivity contribution in [3.8, 4) is 11.5 Å². The number of aromatic nitrogens is 2. The molecule has 0 aliphatic carbocycles. The van der Waals surface area contributed by atoms with Crippen LogP contribution in [0.3, 0.4) is 0 Å². The van der Waals surface area contributed by atoms with Crippen LogP contribution in [0.2, 0.25) is 0 Å². The number of piperidine rings is 1. The van der Waals surface area contributed by atoms with Gasteiger partial charge in [0.25, 0.3) is 0 Å². The Bertz CT molecular complexity index is 1060. The van der Waals surface area contributed by atoms with Crippen LogP contribution in [0.4, 0.5) is 4.39 Å². The first-order valence-electron chi connectivity index (χ1n) is 8.78. The van der Waals surface area contributed by atoms with Gasteiger partial charge in [-0.25, -0.2) is 12.8 Å². The normalized spacial score (nSPS) is 16.4. The quantitative estimate of drug-likeness (QED) is 0.576. The molecule has 2 heterocycles. The summed E-state index contributed by atoms with van der Waals surface area (Å²) in [5.41, 5.74) is 0.649. The van der Waals surface area contributed by atoms with Gasteiger partial charge in [-0.2, -0.15) is 4.31 Å². The Hall–Kier alpha value is -2.10. The minimum absolute atomic E-state index is 0.00179. The fourth-order valence-corrected chi connectivity index (χ4v) is 4.94. The summed E-state index contributed by atoms with van der Waals surface area (Å²) in [6, 6.07) is 12.5. The van der Waals surface area contributed by atoms with Gasteiger partial charge in [0, 0.05) is 29.0 Å². The second-order valence-electron chi connectivity index (χ2n) is 6.58. The Morgan fingerprint density at radius 1 is 1.00 bits per heavy atom. The Kier molecular flexibility index (Phi) is 5.31. The maximum Gasteiger partial charge on any atom is 0.247 e. The van der Waals surface area contributed by atoms with Gasteiger partial charge >= 0.3 is 0 Å². The standard InChI is InChI=1S/C19H17BrFN3O3S/c20-15-3-7-17(8-4-15)28(25,26)24-11-9-14(10-12-24)19-23-22-18(27-19)13-1-5-16(21)6-2-13/h1-8,14H,9-12H2. The number of halogens is 2. The number of hydrogen-bond acceptors (Lipinski definition) is 5. The SMILES string of the molecule is O=S(=O)(c1ccc(Br)cc1)N1CCC(c2nnc(-c3ccc(F)cc3)o2)CC1. The fraction of sp³-hybridized carbons (Fsp3) is 0.263. The largest absolute Gasteiger partial charge is 0.420 e. The van der Waals surface area contributed by atoms with Gasteiger partial charge < -0.3 is 4.42 Å². The van der Waals surface area contributed by atoms with Crippen LogP contribution in [0, 0.1) is 5.82 Å². The molecule has 1 aliphatic heterocycles. The molecule has 4 rings (SSSR count). The van der Waals surface area contributed by atoms with E-state index in [1.165, 1.54) is 16.4 Å². The lowest BCUT2D eigenvalue weighted by molar-refractivity contribution is 0.291. The molecule has 6 nitrogen and oxygen atoms in total. The first-order chi connectivity index (χ1) is 13.4. The number of nitrogens with zero attached hydrogens (tertiary/aromatic N) is 3. The van der Waals surface area contributed by atoms with Crippen molar-refractivity contribution in [1.82, 2.24) is 14.5 Å². The van der Waals surface area contributed by atoms with E-state index in [4.69, 9.17) is 4.42 Å². The molecule has 1 aliphatic rings. The zero-order chi connectivity index (χ0) is 19.7. The van der Waals surface area contributed by atoms with Crippen molar-refractivity contribution in [2.45, 2.75) is 23.7 Å². The number of benzene rings is 2. The third-order valence-corrected chi connectivity index (χ3v) is 7.23. The van der Waals surface area contributed by atoms with E-state index in [-0.39, 0.29) is 16.6 Å². The lowest BCUT2D eigenvalue weighted by atomic mass is 9.98. The molecule has 0 unspecified atom stereocenters. The van der Waals surface area contributed by atoms with E-state index >= 15 is 0 Å². The third kappa shape index (κ3) is 3.87. The summed E-state index contributed by atoms with van der Waals surface area (Å²) in [5, 5.41) is 8.15. The molecule has 0 saturated carbocycles. The highest BCUT2D eigenvalue weighted by Gasteiger charge is 2.32. The van der Waals surface area contributed by atoms with Crippen molar-refractivity contribution in [2.24, 2.45) is 0 Å². The molecule has 0 spiro atoms. The highest BCUT2D eigenvalue weighted by atomic mass is 79.9. The fourth-order valence-electron chi connectivity index (χ4n) is 3.21. The van der Waals surface area contributed by atoms with Crippen LogP contribution < -0.4 is 0 Å². The van der Waals surface area contributed by atoms with Crippen molar-refractivity contribution in [2.75, 3.05) is 13.1 Å². The summed E-state index contributed by atoms with van der Waals surface area (Å²) in [5.74, 6) is 0.487. The van der Waals surface area contributed by atoms with Crippen LogP contribution in [0.5, 0.6) is 0 Å². The molecule has 1 fully saturated rings. The topological polar surface area (TPSA) is 76.3 Å². The Balaban J connectivity index is 1.44. The molecule has 28 heavy (non-hydrogen) atoms. The Labute approximate surface area is 170 Å². The Morgan fingerprint density at radius 3 is 2.29 bits per heavy atom. The molecular formula is C19H17BrFN3O3S. The summed E-state index contributed by atoms with van der Waals surface area (Å²) in [4.78, 5) is 0.283. The minimum atomic E-state index is -3.52. The molecule has 0 bridgehead atoms. The molecule has 1 aromatic heterocycles. The van der Waals surface area contributed by atoms with E-state index in [1.54, 1.807) is 36.4 Å². The molecule has 146 valence electrons. The van der Waals surface area contributed by atoms with E-state index in [2.05, 4.69) is 26.1 Å². The molecule has 9 heteroatoms. The highest BCUT2D eigenvalue weighted by Crippen LogP contribution is 2.31. The van der Waals surface area contributed by atoms with Crippen LogP contribution in [-0.4, -0.2) is 36.0 Å². The molecule has 0 radical (unpaired) electrons. The number of hydrogen-bond donors (Lipinski definition) is 0. The second-order valence-corrected chi connectivity index (χ2v) is 9.44. The minimum Gasteiger partial charge on any atom is -0.420 e. The molecule has 0 atom stereocenters. The van der Waals surface area contributed by atoms with E-state index in [1.807, 2.05) is 0 Å². The van der Waals surface area contributed by atoms with Gasteiger partial charge in [-0.3, -0.25) is 0 Å². The zero-order valence-electron chi connectivity index (χ0n) is 14.8. The summed E-state index contributed by atoms with van der Waals surface area (Å²) in [6.07, 6.45) is 1.20. The predicted molar refractivity (Wildman–Crippen MR) is 105 cm³/mol. The van der Waals surface area contributed by atoms with Crippen LogP contribution in [0.15, 0.2) is 62.3 Å². The van der Waals surface area contributed by atoms with E-state index in [9.17, 15) is 12.8 Å². The third-order valence-electron chi connectivity index (χ3n) is 4.79. The van der Waals surface area contributed by atoms with Crippen LogP contribution in [0.1, 0.15) is 24.7 Å². The van der Waals surface area contributed by atoms with Crippen LogP contribution in [0.25, 0.3) is 11.5 Å².